The van der Waals surface area contributed by atoms with Crippen molar-refractivity contribution < 1.29 is 4.39 Å². The van der Waals surface area contributed by atoms with Crippen LogP contribution in [0.4, 0.5) is 4.39 Å². The topological polar surface area (TPSA) is 12.0 Å². The van der Waals surface area contributed by atoms with E-state index >= 15 is 0 Å². The maximum Gasteiger partial charge on any atom is 0.124 e. The molecule has 1 saturated carbocycles. The lowest BCUT2D eigenvalue weighted by Crippen LogP contribution is -2.43. The van der Waals surface area contributed by atoms with E-state index in [4.69, 9.17) is 0 Å². The van der Waals surface area contributed by atoms with Crippen LogP contribution in [0.25, 0.3) is 0 Å². The van der Waals surface area contributed by atoms with Gasteiger partial charge in [0.05, 0.1) is 0 Å². The Labute approximate surface area is 114 Å². The normalized spacial score (nSPS) is 27.1. The van der Waals surface area contributed by atoms with E-state index in [1.807, 2.05) is 24.9 Å². The number of hydrogen-bond donors (Lipinski definition) is 1. The molecule has 2 rings (SSSR count). The summed E-state index contributed by atoms with van der Waals surface area (Å²) in [6.45, 7) is 4.66. The molecule has 1 aromatic rings. The number of thioether (sulfide) groups is 1. The average molecular weight is 267 g/mol. The summed E-state index contributed by atoms with van der Waals surface area (Å²) in [6.07, 6.45) is 3.65. The first-order valence-corrected chi connectivity index (χ1v) is 7.48. The zero-order valence-electron chi connectivity index (χ0n) is 11.4. The van der Waals surface area contributed by atoms with Crippen molar-refractivity contribution in [2.45, 2.75) is 49.3 Å². The molecule has 0 aliphatic heterocycles. The van der Waals surface area contributed by atoms with Crippen molar-refractivity contribution in [3.63, 3.8) is 0 Å². The molecule has 2 unspecified atom stereocenters. The van der Waals surface area contributed by atoms with Crippen LogP contribution in [0.2, 0.25) is 0 Å². The fourth-order valence-corrected chi connectivity index (χ4v) is 4.35. The van der Waals surface area contributed by atoms with Crippen molar-refractivity contribution in [1.29, 1.82) is 0 Å². The quantitative estimate of drug-likeness (QED) is 0.885. The Balaban J connectivity index is 2.09. The van der Waals surface area contributed by atoms with Gasteiger partial charge in [0.2, 0.25) is 0 Å². The van der Waals surface area contributed by atoms with Crippen molar-refractivity contribution >= 4 is 11.8 Å². The van der Waals surface area contributed by atoms with Crippen LogP contribution in [0.3, 0.4) is 0 Å². The van der Waals surface area contributed by atoms with Crippen molar-refractivity contribution in [2.24, 2.45) is 5.41 Å². The van der Waals surface area contributed by atoms with Gasteiger partial charge in [-0.15, -0.1) is 11.8 Å². The van der Waals surface area contributed by atoms with Crippen molar-refractivity contribution in [1.82, 2.24) is 5.32 Å². The van der Waals surface area contributed by atoms with Crippen LogP contribution in [0, 0.1) is 11.2 Å². The molecule has 1 nitrogen and oxygen atoms in total. The van der Waals surface area contributed by atoms with Crippen LogP contribution in [-0.2, 0) is 0 Å². The summed E-state index contributed by atoms with van der Waals surface area (Å²) in [5.74, 6) is -0.143. The third-order valence-electron chi connectivity index (χ3n) is 3.79. The van der Waals surface area contributed by atoms with Gasteiger partial charge in [0.25, 0.3) is 0 Å². The van der Waals surface area contributed by atoms with Gasteiger partial charge >= 0.3 is 0 Å². The van der Waals surface area contributed by atoms with E-state index in [2.05, 4.69) is 19.2 Å². The zero-order valence-corrected chi connectivity index (χ0v) is 12.2. The minimum Gasteiger partial charge on any atom is -0.316 e. The molecule has 18 heavy (non-hydrogen) atoms. The molecule has 2 atom stereocenters. The summed E-state index contributed by atoms with van der Waals surface area (Å²) in [5.41, 5.74) is 0.401. The molecule has 0 aromatic heterocycles. The third-order valence-corrected chi connectivity index (χ3v) is 5.11. The standard InChI is InChI=1S/C15H22FNS/c1-15(2)8-7-13(17-3)14(10-15)18-12-6-4-5-11(16)9-12/h4-6,9,13-14,17H,7-8,10H2,1-3H3. The van der Waals surface area contributed by atoms with E-state index in [1.165, 1.54) is 25.3 Å². The van der Waals surface area contributed by atoms with Gasteiger partial charge < -0.3 is 5.32 Å². The van der Waals surface area contributed by atoms with Crippen molar-refractivity contribution in [3.8, 4) is 0 Å². The highest BCUT2D eigenvalue weighted by Crippen LogP contribution is 2.42. The van der Waals surface area contributed by atoms with Gasteiger partial charge in [0.1, 0.15) is 5.82 Å². The summed E-state index contributed by atoms with van der Waals surface area (Å²) in [6, 6.07) is 7.47. The van der Waals surface area contributed by atoms with Gasteiger partial charge in [-0.3, -0.25) is 0 Å². The minimum absolute atomic E-state index is 0.143. The summed E-state index contributed by atoms with van der Waals surface area (Å²) < 4.78 is 13.2. The highest BCUT2D eigenvalue weighted by Gasteiger charge is 2.34. The van der Waals surface area contributed by atoms with Crippen LogP contribution in [-0.4, -0.2) is 18.3 Å². The maximum absolute atomic E-state index is 13.2. The summed E-state index contributed by atoms with van der Waals surface area (Å²) in [5, 5.41) is 3.94. The lowest BCUT2D eigenvalue weighted by Gasteiger charge is -2.40. The molecule has 1 aliphatic rings. The second-order valence-electron chi connectivity index (χ2n) is 5.92. The largest absolute Gasteiger partial charge is 0.316 e. The van der Waals surface area contributed by atoms with Gasteiger partial charge in [-0.05, 0) is 49.9 Å². The Hall–Kier alpha value is -0.540. The van der Waals surface area contributed by atoms with Gasteiger partial charge in [0, 0.05) is 16.2 Å². The van der Waals surface area contributed by atoms with E-state index in [9.17, 15) is 4.39 Å². The first-order valence-electron chi connectivity index (χ1n) is 6.60. The smallest absolute Gasteiger partial charge is 0.124 e. The molecular formula is C15H22FNS. The lowest BCUT2D eigenvalue weighted by molar-refractivity contribution is 0.218. The number of benzene rings is 1. The summed E-state index contributed by atoms with van der Waals surface area (Å²) in [7, 11) is 2.03. The fraction of sp³-hybridized carbons (Fsp3) is 0.600. The Morgan fingerprint density at radius 2 is 2.17 bits per heavy atom. The van der Waals surface area contributed by atoms with E-state index in [0.717, 1.165) is 4.90 Å². The molecule has 0 heterocycles. The molecule has 0 radical (unpaired) electrons. The monoisotopic (exact) mass is 267 g/mol. The second-order valence-corrected chi connectivity index (χ2v) is 7.23. The number of hydrogen-bond acceptors (Lipinski definition) is 2. The second kappa shape index (κ2) is 5.62. The fourth-order valence-electron chi connectivity index (χ4n) is 2.69. The Kier molecular flexibility index (Phi) is 4.33. The summed E-state index contributed by atoms with van der Waals surface area (Å²) in [4.78, 5) is 1.04. The molecule has 1 aliphatic carbocycles. The molecule has 0 bridgehead atoms. The molecular weight excluding hydrogens is 245 g/mol. The van der Waals surface area contributed by atoms with Crippen LogP contribution in [0.1, 0.15) is 33.1 Å². The molecule has 1 fully saturated rings. The van der Waals surface area contributed by atoms with Crippen LogP contribution >= 0.6 is 11.8 Å². The van der Waals surface area contributed by atoms with Crippen molar-refractivity contribution in [3.05, 3.63) is 30.1 Å². The molecule has 100 valence electrons. The molecule has 0 spiro atoms. The predicted octanol–water partition coefficient (Wildman–Crippen LogP) is 4.08. The van der Waals surface area contributed by atoms with Crippen molar-refractivity contribution in [2.75, 3.05) is 7.05 Å². The Morgan fingerprint density at radius 1 is 1.39 bits per heavy atom. The first-order chi connectivity index (χ1) is 8.50. The maximum atomic E-state index is 13.2. The van der Waals surface area contributed by atoms with E-state index < -0.39 is 0 Å². The van der Waals surface area contributed by atoms with E-state index in [0.29, 0.717) is 16.7 Å². The SMILES string of the molecule is CNC1CCC(C)(C)CC1Sc1cccc(F)c1. The Bertz CT molecular complexity index is 405. The van der Waals surface area contributed by atoms with Crippen LogP contribution < -0.4 is 5.32 Å². The number of rotatable bonds is 3. The molecule has 1 aromatic carbocycles. The average Bonchev–Trinajstić information content (AvgIpc) is 2.28. The van der Waals surface area contributed by atoms with E-state index in [1.54, 1.807) is 12.1 Å². The minimum atomic E-state index is -0.143. The lowest BCUT2D eigenvalue weighted by atomic mass is 9.75. The molecule has 0 amide bonds. The van der Waals surface area contributed by atoms with Crippen LogP contribution in [0.5, 0.6) is 0 Å². The van der Waals surface area contributed by atoms with Gasteiger partial charge in [-0.2, -0.15) is 0 Å². The van der Waals surface area contributed by atoms with Crippen LogP contribution in [0.15, 0.2) is 29.2 Å². The zero-order chi connectivity index (χ0) is 13.2. The molecule has 1 N–H and O–H groups in total. The summed E-state index contributed by atoms with van der Waals surface area (Å²) >= 11 is 1.81. The third kappa shape index (κ3) is 3.48. The highest BCUT2D eigenvalue weighted by molar-refractivity contribution is 8.00. The Morgan fingerprint density at radius 3 is 2.83 bits per heavy atom. The predicted molar refractivity (Wildman–Crippen MR) is 76.5 cm³/mol. The van der Waals surface area contributed by atoms with Gasteiger partial charge in [0.15, 0.2) is 0 Å². The number of halogens is 1. The molecule has 0 saturated heterocycles. The number of nitrogens with one attached hydrogen (secondary N) is 1. The first kappa shape index (κ1) is 13.9. The van der Waals surface area contributed by atoms with Gasteiger partial charge in [-0.1, -0.05) is 19.9 Å². The molecule has 3 heteroatoms. The highest BCUT2D eigenvalue weighted by atomic mass is 32.2. The van der Waals surface area contributed by atoms with E-state index in [-0.39, 0.29) is 5.82 Å². The van der Waals surface area contributed by atoms with Gasteiger partial charge in [-0.25, -0.2) is 4.39 Å².